The first-order valence-corrected chi connectivity index (χ1v) is 18.2. The zero-order valence-corrected chi connectivity index (χ0v) is 30.8. The summed E-state index contributed by atoms with van der Waals surface area (Å²) in [4.78, 5) is 75.4. The molecule has 4 aromatic rings. The molecule has 2 aromatic carbocycles. The number of anilines is 2. The normalized spacial score (nSPS) is 19.9. The summed E-state index contributed by atoms with van der Waals surface area (Å²) in [5, 5.41) is 13.4. The number of imide groups is 1. The molecule has 0 spiro atoms. The van der Waals surface area contributed by atoms with Crippen LogP contribution in [0, 0.1) is 5.82 Å². The molecule has 2 bridgehead atoms. The fourth-order valence-corrected chi connectivity index (χ4v) is 7.17. The van der Waals surface area contributed by atoms with E-state index in [-0.39, 0.29) is 60.6 Å². The number of ether oxygens (including phenoxy) is 1. The number of benzene rings is 2. The number of amides is 5. The van der Waals surface area contributed by atoms with E-state index in [4.69, 9.17) is 4.74 Å². The molecule has 1 fully saturated rings. The smallest absolute Gasteiger partial charge is 0.264 e. The molecule has 3 aliphatic rings. The maximum Gasteiger partial charge on any atom is 0.264 e. The third-order valence-corrected chi connectivity index (χ3v) is 10.1. The molecule has 2 aromatic heterocycles. The van der Waals surface area contributed by atoms with Crippen molar-refractivity contribution in [3.8, 4) is 5.75 Å². The van der Waals surface area contributed by atoms with Crippen LogP contribution in [0.4, 0.5) is 15.9 Å². The van der Waals surface area contributed by atoms with Crippen LogP contribution < -0.4 is 20.7 Å². The summed E-state index contributed by atoms with van der Waals surface area (Å²) in [6.07, 6.45) is 4.03. The maximum atomic E-state index is 14.4. The van der Waals surface area contributed by atoms with Gasteiger partial charge in [0, 0.05) is 56.2 Å². The molecule has 3 atom stereocenters. The predicted octanol–water partition coefficient (Wildman–Crippen LogP) is 4.00. The minimum Gasteiger partial charge on any atom is -0.489 e. The second kappa shape index (κ2) is 15.2. The Labute approximate surface area is 316 Å². The minimum absolute atomic E-state index is 0.150. The summed E-state index contributed by atoms with van der Waals surface area (Å²) < 4.78 is 22.2. The van der Waals surface area contributed by atoms with Crippen LogP contribution in [0.1, 0.15) is 82.2 Å². The van der Waals surface area contributed by atoms with Crippen LogP contribution in [-0.2, 0) is 9.59 Å². The van der Waals surface area contributed by atoms with Gasteiger partial charge in [-0.3, -0.25) is 28.9 Å². The van der Waals surface area contributed by atoms with E-state index in [0.717, 1.165) is 4.90 Å². The highest BCUT2D eigenvalue weighted by Crippen LogP contribution is 2.33. The van der Waals surface area contributed by atoms with Gasteiger partial charge in [0.15, 0.2) is 5.65 Å². The van der Waals surface area contributed by atoms with Gasteiger partial charge in [0.25, 0.3) is 17.7 Å². The Morgan fingerprint density at radius 1 is 1.09 bits per heavy atom. The van der Waals surface area contributed by atoms with E-state index < -0.39 is 35.7 Å². The number of likely N-dealkylation sites (N-methyl/N-ethyl adjacent to an activating group) is 1. The van der Waals surface area contributed by atoms with Crippen LogP contribution in [0.25, 0.3) is 5.65 Å². The lowest BCUT2D eigenvalue weighted by Gasteiger charge is -2.29. The number of piperidine rings is 1. The Bertz CT molecular complexity index is 2220. The second-order valence-electron chi connectivity index (χ2n) is 14.1. The highest BCUT2D eigenvalue weighted by Gasteiger charge is 2.45. The van der Waals surface area contributed by atoms with Crippen molar-refractivity contribution in [3.05, 3.63) is 95.2 Å². The Hall–Kier alpha value is -6.32. The number of allylic oxidation sites excluding steroid dienone is 1. The number of rotatable bonds is 9. The van der Waals surface area contributed by atoms with Crippen molar-refractivity contribution in [2.75, 3.05) is 43.9 Å². The van der Waals surface area contributed by atoms with Crippen LogP contribution in [0.5, 0.6) is 5.75 Å². The van der Waals surface area contributed by atoms with Gasteiger partial charge in [-0.2, -0.15) is 5.10 Å². The highest BCUT2D eigenvalue weighted by atomic mass is 19.1. The van der Waals surface area contributed by atoms with Crippen molar-refractivity contribution >= 4 is 46.7 Å². The molecule has 15 nitrogen and oxygen atoms in total. The van der Waals surface area contributed by atoms with E-state index in [1.54, 1.807) is 53.4 Å². The standard InChI is InChI=1S/C39H42FN9O6/c1-22-10-12-30(36(51)43-22)49-38(53)26-7-5-8-29(34(26)39(49)54)41-15-6-9-33(50)46(4)17-18-47-21-23(2)55-31-13-11-25(40)19-27(31)24(3)44-32-14-16-48-35(45-32)28(20-42-48)37(47)52/h5,7-8,11,13-14,16,19-20,23-24,30,41H,1,6,9-10,12,15,17-18,21H2,2-4H3,(H,43,51)(H,44,45)/t23-,24+,30?/m1/s1. The SMILES string of the molecule is C=C1CCC(N2C(=O)c3cccc(NCCCC(=O)N(C)CCN4C[C@@H](C)Oc5ccc(F)cc5[C@H](C)Nc5ccn6ncc(c6n5)C4=O)c3C2=O)C(=O)N1. The van der Waals surface area contributed by atoms with E-state index in [9.17, 15) is 28.4 Å². The molecule has 3 aliphatic heterocycles. The van der Waals surface area contributed by atoms with E-state index >= 15 is 0 Å². The lowest BCUT2D eigenvalue weighted by atomic mass is 10.0. The van der Waals surface area contributed by atoms with Gasteiger partial charge in [0.2, 0.25) is 11.8 Å². The molecule has 0 aliphatic carbocycles. The van der Waals surface area contributed by atoms with Crippen LogP contribution in [0.2, 0.25) is 0 Å². The lowest BCUT2D eigenvalue weighted by molar-refractivity contribution is -0.130. The van der Waals surface area contributed by atoms with Gasteiger partial charge in [-0.25, -0.2) is 13.9 Å². The third-order valence-electron chi connectivity index (χ3n) is 10.1. The van der Waals surface area contributed by atoms with Gasteiger partial charge >= 0.3 is 0 Å². The number of nitrogens with zero attached hydrogens (tertiary/aromatic N) is 6. The molecule has 286 valence electrons. The monoisotopic (exact) mass is 751 g/mol. The van der Waals surface area contributed by atoms with Crippen molar-refractivity contribution < 1.29 is 33.1 Å². The molecule has 0 radical (unpaired) electrons. The van der Waals surface area contributed by atoms with Crippen molar-refractivity contribution in [1.82, 2.24) is 34.6 Å². The quantitative estimate of drug-likeness (QED) is 0.168. The molecule has 7 rings (SSSR count). The van der Waals surface area contributed by atoms with E-state index in [1.165, 1.54) is 22.8 Å². The lowest BCUT2D eigenvalue weighted by Crippen LogP contribution is -2.51. The fraction of sp³-hybridized carbons (Fsp3) is 0.359. The molecule has 1 unspecified atom stereocenters. The summed E-state index contributed by atoms with van der Waals surface area (Å²) in [6.45, 7) is 8.38. The van der Waals surface area contributed by atoms with Crippen molar-refractivity contribution in [1.29, 1.82) is 0 Å². The van der Waals surface area contributed by atoms with E-state index in [0.29, 0.717) is 60.0 Å². The Kier molecular flexibility index (Phi) is 10.2. The number of carbonyl (C=O) groups is 5. The average molecular weight is 752 g/mol. The molecule has 3 N–H and O–H groups in total. The van der Waals surface area contributed by atoms with Gasteiger partial charge in [-0.05, 0) is 69.5 Å². The Balaban J connectivity index is 0.986. The molecule has 5 heterocycles. The number of aromatic nitrogens is 3. The number of hydrogen-bond acceptors (Lipinski definition) is 10. The minimum atomic E-state index is -0.913. The van der Waals surface area contributed by atoms with Gasteiger partial charge in [-0.1, -0.05) is 12.6 Å². The average Bonchev–Trinajstić information content (AvgIpc) is 3.69. The first kappa shape index (κ1) is 37.0. The fourth-order valence-electron chi connectivity index (χ4n) is 7.17. The van der Waals surface area contributed by atoms with Crippen molar-refractivity contribution in [2.24, 2.45) is 0 Å². The second-order valence-corrected chi connectivity index (χ2v) is 14.1. The molecule has 16 heteroatoms. The largest absolute Gasteiger partial charge is 0.489 e. The number of halogens is 1. The Morgan fingerprint density at radius 3 is 2.71 bits per heavy atom. The summed E-state index contributed by atoms with van der Waals surface area (Å²) in [5.41, 5.74) is 2.66. The summed E-state index contributed by atoms with van der Waals surface area (Å²) in [6, 6.07) is 9.68. The van der Waals surface area contributed by atoms with Gasteiger partial charge in [-0.15, -0.1) is 0 Å². The molecule has 55 heavy (non-hydrogen) atoms. The first-order chi connectivity index (χ1) is 26.4. The van der Waals surface area contributed by atoms with Crippen LogP contribution >= 0.6 is 0 Å². The van der Waals surface area contributed by atoms with Crippen molar-refractivity contribution in [2.45, 2.75) is 57.7 Å². The third kappa shape index (κ3) is 7.43. The number of fused-ring (bicyclic) bond motifs is 3. The molecule has 5 amide bonds. The van der Waals surface area contributed by atoms with Gasteiger partial charge in [0.1, 0.15) is 35.1 Å². The zero-order valence-electron chi connectivity index (χ0n) is 30.8. The predicted molar refractivity (Wildman–Crippen MR) is 200 cm³/mol. The molecular weight excluding hydrogens is 709 g/mol. The van der Waals surface area contributed by atoms with Crippen LogP contribution in [0.15, 0.2) is 67.1 Å². The summed E-state index contributed by atoms with van der Waals surface area (Å²) in [5.74, 6) is -1.43. The molecule has 1 saturated heterocycles. The van der Waals surface area contributed by atoms with Crippen molar-refractivity contribution in [3.63, 3.8) is 0 Å². The molecule has 0 saturated carbocycles. The number of nitrogens with one attached hydrogen (secondary N) is 3. The maximum absolute atomic E-state index is 14.4. The first-order valence-electron chi connectivity index (χ1n) is 18.2. The van der Waals surface area contributed by atoms with Gasteiger partial charge < -0.3 is 30.5 Å². The zero-order chi connectivity index (χ0) is 39.0. The topological polar surface area (TPSA) is 171 Å². The Morgan fingerprint density at radius 2 is 1.91 bits per heavy atom. The molecular formula is C39H42FN9O6. The summed E-state index contributed by atoms with van der Waals surface area (Å²) in [7, 11) is 1.67. The number of hydrogen-bond donors (Lipinski definition) is 3. The highest BCUT2D eigenvalue weighted by molar-refractivity contribution is 6.25. The van der Waals surface area contributed by atoms with E-state index in [1.807, 2.05) is 13.8 Å². The van der Waals surface area contributed by atoms with Crippen LogP contribution in [0.3, 0.4) is 0 Å². The summed E-state index contributed by atoms with van der Waals surface area (Å²) >= 11 is 0. The number of carbonyl (C=O) groups excluding carboxylic acids is 5. The van der Waals surface area contributed by atoms with E-state index in [2.05, 4.69) is 32.6 Å². The van der Waals surface area contributed by atoms with Crippen LogP contribution in [-0.4, -0.2) is 104 Å². The van der Waals surface area contributed by atoms with Gasteiger partial charge in [0.05, 0.1) is 29.9 Å².